The number of thiophene rings is 1. The van der Waals surface area contributed by atoms with E-state index in [2.05, 4.69) is 0 Å². The lowest BCUT2D eigenvalue weighted by atomic mass is 10.1. The molecule has 0 amide bonds. The third-order valence-corrected chi connectivity index (χ3v) is 6.77. The minimum Gasteiger partial charge on any atom is -0.497 e. The Hall–Kier alpha value is -3.09. The van der Waals surface area contributed by atoms with Gasteiger partial charge < -0.3 is 14.0 Å². The molecule has 0 saturated heterocycles. The van der Waals surface area contributed by atoms with Gasteiger partial charge in [-0.25, -0.2) is 4.79 Å². The number of aromatic nitrogens is 1. The summed E-state index contributed by atoms with van der Waals surface area (Å²) in [5.74, 6) is -0.101. The van der Waals surface area contributed by atoms with Crippen molar-refractivity contribution in [2.75, 3.05) is 13.7 Å². The molecule has 0 aliphatic carbocycles. The molecule has 4 rings (SSSR count). The van der Waals surface area contributed by atoms with E-state index in [0.717, 1.165) is 32.9 Å². The summed E-state index contributed by atoms with van der Waals surface area (Å²) in [4.78, 5) is 25.7. The zero-order valence-corrected chi connectivity index (χ0v) is 18.8. The average molecular weight is 454 g/mol. The van der Waals surface area contributed by atoms with Gasteiger partial charge in [0.1, 0.15) is 10.6 Å². The van der Waals surface area contributed by atoms with Crippen LogP contribution in [0, 0.1) is 13.8 Å². The number of halogens is 1. The van der Waals surface area contributed by atoms with Crippen molar-refractivity contribution in [1.82, 2.24) is 4.57 Å². The van der Waals surface area contributed by atoms with Crippen LogP contribution in [0.3, 0.4) is 0 Å². The summed E-state index contributed by atoms with van der Waals surface area (Å²) in [5.41, 5.74) is 3.13. The van der Waals surface area contributed by atoms with Gasteiger partial charge in [-0.3, -0.25) is 4.79 Å². The number of ketones is 1. The standard InChI is InChI=1S/C24H20ClNO4S/c1-14-12-19(15(2)26(14)16-8-10-17(29-3)11-9-16)20(27)13-30-24(28)23-22(25)18-6-4-5-7-21(18)31-23/h4-12H,13H2,1-3H3. The third-order valence-electron chi connectivity index (χ3n) is 5.12. The molecule has 0 aliphatic heterocycles. The minimum atomic E-state index is -0.594. The smallest absolute Gasteiger partial charge is 0.350 e. The van der Waals surface area contributed by atoms with E-state index in [9.17, 15) is 9.59 Å². The van der Waals surface area contributed by atoms with Gasteiger partial charge in [0.05, 0.1) is 12.1 Å². The van der Waals surface area contributed by atoms with Crippen LogP contribution in [-0.4, -0.2) is 30.0 Å². The molecule has 0 saturated carbocycles. The van der Waals surface area contributed by atoms with Gasteiger partial charge >= 0.3 is 5.97 Å². The zero-order valence-electron chi connectivity index (χ0n) is 17.3. The third kappa shape index (κ3) is 3.96. The van der Waals surface area contributed by atoms with Crippen molar-refractivity contribution < 1.29 is 19.1 Å². The van der Waals surface area contributed by atoms with Crippen molar-refractivity contribution >= 4 is 44.8 Å². The van der Waals surface area contributed by atoms with Gasteiger partial charge in [0, 0.05) is 32.7 Å². The first kappa shape index (κ1) is 21.2. The lowest BCUT2D eigenvalue weighted by molar-refractivity contribution is 0.0479. The summed E-state index contributed by atoms with van der Waals surface area (Å²) in [6.07, 6.45) is 0. The second kappa shape index (κ2) is 8.57. The molecule has 5 nitrogen and oxygen atoms in total. The number of fused-ring (bicyclic) bond motifs is 1. The molecule has 0 aliphatic rings. The topological polar surface area (TPSA) is 57.5 Å². The van der Waals surface area contributed by atoms with Gasteiger partial charge in [-0.15, -0.1) is 11.3 Å². The van der Waals surface area contributed by atoms with E-state index in [0.29, 0.717) is 15.5 Å². The fourth-order valence-corrected chi connectivity index (χ4v) is 5.00. The molecule has 0 bridgehead atoms. The van der Waals surface area contributed by atoms with Gasteiger partial charge in [0.25, 0.3) is 0 Å². The molecule has 7 heteroatoms. The second-order valence-electron chi connectivity index (χ2n) is 7.06. The van der Waals surface area contributed by atoms with E-state index in [1.54, 1.807) is 7.11 Å². The molecule has 158 valence electrons. The van der Waals surface area contributed by atoms with Crippen LogP contribution >= 0.6 is 22.9 Å². The lowest BCUT2D eigenvalue weighted by Gasteiger charge is -2.10. The molecule has 31 heavy (non-hydrogen) atoms. The molecule has 0 fully saturated rings. The molecule has 2 aromatic carbocycles. The summed E-state index contributed by atoms with van der Waals surface area (Å²) in [6, 6.07) is 16.9. The molecule has 0 radical (unpaired) electrons. The van der Waals surface area contributed by atoms with Crippen LogP contribution in [-0.2, 0) is 4.74 Å². The fraction of sp³-hybridized carbons (Fsp3) is 0.167. The molecular formula is C24H20ClNO4S. The number of carbonyl (C=O) groups is 2. The highest BCUT2D eigenvalue weighted by atomic mass is 35.5. The van der Waals surface area contributed by atoms with E-state index in [1.807, 2.05) is 73.0 Å². The van der Waals surface area contributed by atoms with Crippen molar-refractivity contribution in [3.8, 4) is 11.4 Å². The number of benzene rings is 2. The second-order valence-corrected chi connectivity index (χ2v) is 8.49. The Morgan fingerprint density at radius 2 is 1.77 bits per heavy atom. The molecule has 0 N–H and O–H groups in total. The summed E-state index contributed by atoms with van der Waals surface area (Å²) in [6.45, 7) is 3.45. The predicted octanol–water partition coefficient (Wildman–Crippen LogP) is 6.01. The Morgan fingerprint density at radius 3 is 2.45 bits per heavy atom. The van der Waals surface area contributed by atoms with Crippen molar-refractivity contribution in [3.05, 3.63) is 81.4 Å². The molecule has 2 heterocycles. The molecule has 0 atom stereocenters. The van der Waals surface area contributed by atoms with Crippen LogP contribution in [0.5, 0.6) is 5.75 Å². The largest absolute Gasteiger partial charge is 0.497 e. The maximum absolute atomic E-state index is 12.8. The van der Waals surface area contributed by atoms with Gasteiger partial charge in [-0.1, -0.05) is 29.8 Å². The van der Waals surface area contributed by atoms with E-state index < -0.39 is 5.97 Å². The van der Waals surface area contributed by atoms with E-state index in [4.69, 9.17) is 21.1 Å². The van der Waals surface area contributed by atoms with Gasteiger partial charge in [0.2, 0.25) is 5.78 Å². The van der Waals surface area contributed by atoms with Crippen LogP contribution < -0.4 is 4.74 Å². The maximum atomic E-state index is 12.8. The number of nitrogens with zero attached hydrogens (tertiary/aromatic N) is 1. The Balaban J connectivity index is 1.52. The highest BCUT2D eigenvalue weighted by Crippen LogP contribution is 2.35. The quantitative estimate of drug-likeness (QED) is 0.265. The SMILES string of the molecule is COc1ccc(-n2c(C)cc(C(=O)COC(=O)c3sc4ccccc4c3Cl)c2C)cc1. The lowest BCUT2D eigenvalue weighted by Crippen LogP contribution is -2.14. The van der Waals surface area contributed by atoms with E-state index in [-0.39, 0.29) is 12.4 Å². The molecule has 4 aromatic rings. The van der Waals surface area contributed by atoms with Crippen molar-refractivity contribution in [2.45, 2.75) is 13.8 Å². The predicted molar refractivity (Wildman–Crippen MR) is 123 cm³/mol. The van der Waals surface area contributed by atoms with Crippen LogP contribution in [0.25, 0.3) is 15.8 Å². The van der Waals surface area contributed by atoms with Crippen LogP contribution in [0.4, 0.5) is 0 Å². The number of hydrogen-bond donors (Lipinski definition) is 0. The number of hydrogen-bond acceptors (Lipinski definition) is 5. The van der Waals surface area contributed by atoms with E-state index >= 15 is 0 Å². The van der Waals surface area contributed by atoms with E-state index in [1.165, 1.54) is 11.3 Å². The number of Topliss-reactive ketones (excluding diaryl/α,β-unsaturated/α-hetero) is 1. The number of carbonyl (C=O) groups excluding carboxylic acids is 2. The number of aryl methyl sites for hydroxylation is 1. The average Bonchev–Trinajstić information content (AvgIpc) is 3.28. The van der Waals surface area contributed by atoms with Gasteiger partial charge in [0.15, 0.2) is 6.61 Å². The van der Waals surface area contributed by atoms with Crippen LogP contribution in [0.2, 0.25) is 5.02 Å². The van der Waals surface area contributed by atoms with Gasteiger partial charge in [-0.05, 0) is 50.2 Å². The zero-order chi connectivity index (χ0) is 22.1. The summed E-state index contributed by atoms with van der Waals surface area (Å²) < 4.78 is 13.4. The summed E-state index contributed by atoms with van der Waals surface area (Å²) >= 11 is 7.59. The van der Waals surface area contributed by atoms with Crippen molar-refractivity contribution in [3.63, 3.8) is 0 Å². The maximum Gasteiger partial charge on any atom is 0.350 e. The fourth-order valence-electron chi connectivity index (χ4n) is 3.59. The molecular weight excluding hydrogens is 434 g/mol. The first-order valence-electron chi connectivity index (χ1n) is 9.61. The Labute approximate surface area is 188 Å². The van der Waals surface area contributed by atoms with Crippen LogP contribution in [0.1, 0.15) is 31.4 Å². The Kier molecular flexibility index (Phi) is 5.85. The number of rotatable bonds is 6. The molecule has 0 spiro atoms. The highest BCUT2D eigenvalue weighted by Gasteiger charge is 2.22. The summed E-state index contributed by atoms with van der Waals surface area (Å²) in [7, 11) is 1.62. The first-order valence-corrected chi connectivity index (χ1v) is 10.8. The molecule has 2 aromatic heterocycles. The first-order chi connectivity index (χ1) is 14.9. The van der Waals surface area contributed by atoms with Crippen LogP contribution in [0.15, 0.2) is 54.6 Å². The monoisotopic (exact) mass is 453 g/mol. The minimum absolute atomic E-state index is 0.265. The highest BCUT2D eigenvalue weighted by molar-refractivity contribution is 7.21. The molecule has 0 unspecified atom stereocenters. The van der Waals surface area contributed by atoms with Gasteiger partial charge in [-0.2, -0.15) is 0 Å². The number of esters is 1. The van der Waals surface area contributed by atoms with Crippen molar-refractivity contribution in [1.29, 1.82) is 0 Å². The normalized spacial score (nSPS) is 11.0. The number of methoxy groups -OCH3 is 1. The number of ether oxygens (including phenoxy) is 2. The summed E-state index contributed by atoms with van der Waals surface area (Å²) in [5, 5.41) is 1.16. The van der Waals surface area contributed by atoms with Crippen molar-refractivity contribution in [2.24, 2.45) is 0 Å². The Bertz CT molecular complexity index is 1290. The Morgan fingerprint density at radius 1 is 1.06 bits per heavy atom.